The predicted octanol–water partition coefficient (Wildman–Crippen LogP) is 19.6. The van der Waals surface area contributed by atoms with Crippen molar-refractivity contribution in [1.82, 2.24) is 0 Å². The van der Waals surface area contributed by atoms with E-state index < -0.39 is 6.10 Å². The normalized spacial score (nSPS) is 13.0. The molecule has 68 heavy (non-hydrogen) atoms. The molecular weight excluding hydrogens is 837 g/mol. The second-order valence-corrected chi connectivity index (χ2v) is 18.4. The highest BCUT2D eigenvalue weighted by Crippen LogP contribution is 2.14. The van der Waals surface area contributed by atoms with E-state index in [2.05, 4.69) is 130 Å². The number of rotatable bonds is 51. The summed E-state index contributed by atoms with van der Waals surface area (Å²) in [5, 5.41) is 0. The Morgan fingerprint density at radius 1 is 0.338 bits per heavy atom. The van der Waals surface area contributed by atoms with Gasteiger partial charge < -0.3 is 14.2 Å². The number of hydrogen-bond donors (Lipinski definition) is 0. The molecule has 0 saturated heterocycles. The van der Waals surface area contributed by atoms with Crippen LogP contribution >= 0.6 is 0 Å². The zero-order valence-corrected chi connectivity index (χ0v) is 44.6. The van der Waals surface area contributed by atoms with Crippen molar-refractivity contribution in [3.8, 4) is 0 Å². The zero-order valence-electron chi connectivity index (χ0n) is 44.6. The minimum atomic E-state index is -0.566. The van der Waals surface area contributed by atoms with E-state index >= 15 is 0 Å². The van der Waals surface area contributed by atoms with Crippen molar-refractivity contribution in [2.45, 2.75) is 258 Å². The third-order valence-corrected chi connectivity index (χ3v) is 11.7. The molecule has 0 aliphatic carbocycles. The molecule has 0 aromatic carbocycles. The molecule has 1 atom stereocenters. The van der Waals surface area contributed by atoms with Gasteiger partial charge in [0.25, 0.3) is 0 Å². The predicted molar refractivity (Wildman–Crippen MR) is 297 cm³/mol. The maximum atomic E-state index is 12.8. The van der Waals surface area contributed by atoms with Gasteiger partial charge in [-0.25, -0.2) is 0 Å². The largest absolute Gasteiger partial charge is 0.462 e. The summed E-state index contributed by atoms with van der Waals surface area (Å²) in [6.45, 7) is 7.57. The third kappa shape index (κ3) is 55.2. The summed E-state index contributed by atoms with van der Waals surface area (Å²) in [7, 11) is 0. The van der Waals surface area contributed by atoms with Crippen molar-refractivity contribution < 1.29 is 23.8 Å². The van der Waals surface area contributed by atoms with Crippen molar-refractivity contribution in [2.24, 2.45) is 0 Å². The maximum absolute atomic E-state index is 12.8. The van der Waals surface area contributed by atoms with Crippen LogP contribution in [0.4, 0.5) is 0 Å². The van der Waals surface area contributed by atoms with Crippen LogP contribution in [-0.2, 0) is 23.8 Å². The Morgan fingerprint density at radius 3 is 1.13 bits per heavy atom. The van der Waals surface area contributed by atoms with E-state index in [0.29, 0.717) is 19.4 Å². The quantitative estimate of drug-likeness (QED) is 0.0345. The summed E-state index contributed by atoms with van der Waals surface area (Å²) >= 11 is 0. The molecule has 0 rings (SSSR count). The molecule has 0 aromatic rings. The van der Waals surface area contributed by atoms with Gasteiger partial charge in [-0.2, -0.15) is 0 Å². The van der Waals surface area contributed by atoms with Crippen LogP contribution in [-0.4, -0.2) is 37.9 Å². The lowest BCUT2D eigenvalue weighted by atomic mass is 10.1. The molecule has 0 bridgehead atoms. The molecule has 1 unspecified atom stereocenters. The van der Waals surface area contributed by atoms with E-state index in [0.717, 1.165) is 116 Å². The first-order valence-electron chi connectivity index (χ1n) is 28.4. The molecule has 0 heterocycles. The fraction of sp³-hybridized carbons (Fsp3) is 0.683. The fourth-order valence-electron chi connectivity index (χ4n) is 7.55. The van der Waals surface area contributed by atoms with E-state index in [1.54, 1.807) is 0 Å². The molecule has 0 aromatic heterocycles. The van der Waals surface area contributed by atoms with Crippen molar-refractivity contribution in [1.29, 1.82) is 0 Å². The van der Waals surface area contributed by atoms with Gasteiger partial charge in [0.1, 0.15) is 6.61 Å². The summed E-state index contributed by atoms with van der Waals surface area (Å²) in [4.78, 5) is 25.5. The summed E-state index contributed by atoms with van der Waals surface area (Å²) < 4.78 is 17.4. The number of carbonyl (C=O) groups excluding carboxylic acids is 2. The monoisotopic (exact) mass is 943 g/mol. The number of allylic oxidation sites excluding steroid dienone is 18. The minimum Gasteiger partial charge on any atom is -0.462 e. The molecule has 388 valence electrons. The number of ether oxygens (including phenoxy) is 3. The number of esters is 2. The molecular formula is C63H106O5. The van der Waals surface area contributed by atoms with Crippen LogP contribution in [0.5, 0.6) is 0 Å². The summed E-state index contributed by atoms with van der Waals surface area (Å²) in [6, 6.07) is 0. The Bertz CT molecular complexity index is 1340. The second-order valence-electron chi connectivity index (χ2n) is 18.4. The van der Waals surface area contributed by atoms with Gasteiger partial charge in [0.05, 0.1) is 6.61 Å². The molecule has 0 spiro atoms. The van der Waals surface area contributed by atoms with Gasteiger partial charge >= 0.3 is 11.9 Å². The standard InChI is InChI=1S/C63H106O5/c1-4-7-10-13-16-19-22-25-27-29-31-33-35-37-40-43-46-49-52-55-58-66-59-61(68-63(65)57-54-51-48-45-42-38-24-21-18-15-12-9-6-3)60-67-62(64)56-53-50-47-44-41-39-36-34-32-30-28-26-23-20-17-14-11-8-5-2/h8,11-12,15-17,19-21,24-28,32,34,39,41,61H,4-7,9-10,13-14,18,22-23,29-31,33,35-38,40,42-60H2,1-3H3/b11-8-,15-12-,19-16-,20-17-,24-21-,27-25-,28-26-,34-32-,41-39-. The van der Waals surface area contributed by atoms with Gasteiger partial charge in [-0.05, 0) is 122 Å². The first-order valence-corrected chi connectivity index (χ1v) is 28.4. The van der Waals surface area contributed by atoms with Crippen molar-refractivity contribution in [3.63, 3.8) is 0 Å². The van der Waals surface area contributed by atoms with E-state index in [4.69, 9.17) is 14.2 Å². The average Bonchev–Trinajstić information content (AvgIpc) is 3.34. The molecule has 0 aliphatic heterocycles. The molecule has 5 heteroatoms. The van der Waals surface area contributed by atoms with Gasteiger partial charge in [-0.1, -0.05) is 226 Å². The second kappa shape index (κ2) is 57.9. The topological polar surface area (TPSA) is 61.8 Å². The highest BCUT2D eigenvalue weighted by Gasteiger charge is 2.17. The summed E-state index contributed by atoms with van der Waals surface area (Å²) in [6.07, 6.45) is 79.6. The SMILES string of the molecule is CC/C=C\C/C=C\C/C=C\C/C=C\C/C=C\CCCCCC(=O)OCC(COCCCCCCCCCCCC/C=C\C/C=C\CCCCC)OC(=O)CCCCCCC/C=C\C/C=C\CCC. The zero-order chi connectivity index (χ0) is 49.2. The number of carbonyl (C=O) groups is 2. The Balaban J connectivity index is 4.33. The number of hydrogen-bond acceptors (Lipinski definition) is 5. The van der Waals surface area contributed by atoms with E-state index in [1.807, 2.05) is 0 Å². The van der Waals surface area contributed by atoms with Crippen molar-refractivity contribution in [3.05, 3.63) is 109 Å². The molecule has 0 radical (unpaired) electrons. The Hall–Kier alpha value is -3.44. The first kappa shape index (κ1) is 64.6. The van der Waals surface area contributed by atoms with Gasteiger partial charge in [0.2, 0.25) is 0 Å². The maximum Gasteiger partial charge on any atom is 0.306 e. The lowest BCUT2D eigenvalue weighted by Gasteiger charge is -2.18. The van der Waals surface area contributed by atoms with Gasteiger partial charge in [0.15, 0.2) is 6.10 Å². The lowest BCUT2D eigenvalue weighted by Crippen LogP contribution is -2.30. The van der Waals surface area contributed by atoms with Crippen LogP contribution in [0.3, 0.4) is 0 Å². The Kier molecular flexibility index (Phi) is 54.9. The molecule has 0 aliphatic rings. The average molecular weight is 944 g/mol. The Morgan fingerprint density at radius 2 is 0.691 bits per heavy atom. The first-order chi connectivity index (χ1) is 33.6. The van der Waals surface area contributed by atoms with Gasteiger partial charge in [-0.3, -0.25) is 9.59 Å². The molecule has 0 N–H and O–H groups in total. The van der Waals surface area contributed by atoms with Gasteiger partial charge in [0, 0.05) is 19.4 Å². The van der Waals surface area contributed by atoms with Crippen LogP contribution in [0.25, 0.3) is 0 Å². The molecule has 0 amide bonds. The van der Waals surface area contributed by atoms with Crippen LogP contribution in [0, 0.1) is 0 Å². The Labute approximate surface area is 421 Å². The fourth-order valence-corrected chi connectivity index (χ4v) is 7.55. The van der Waals surface area contributed by atoms with Gasteiger partial charge in [-0.15, -0.1) is 0 Å². The molecule has 0 fully saturated rings. The summed E-state index contributed by atoms with van der Waals surface area (Å²) in [5.41, 5.74) is 0. The number of unbranched alkanes of at least 4 members (excludes halogenated alkanes) is 22. The highest BCUT2D eigenvalue weighted by molar-refractivity contribution is 5.70. The lowest BCUT2D eigenvalue weighted by molar-refractivity contribution is -0.163. The van der Waals surface area contributed by atoms with Crippen LogP contribution in [0.1, 0.15) is 252 Å². The minimum absolute atomic E-state index is 0.0556. The molecule has 0 saturated carbocycles. The third-order valence-electron chi connectivity index (χ3n) is 11.7. The van der Waals surface area contributed by atoms with E-state index in [1.165, 1.54) is 103 Å². The van der Waals surface area contributed by atoms with E-state index in [-0.39, 0.29) is 25.2 Å². The van der Waals surface area contributed by atoms with Crippen LogP contribution in [0.15, 0.2) is 109 Å². The van der Waals surface area contributed by atoms with E-state index in [9.17, 15) is 9.59 Å². The van der Waals surface area contributed by atoms with Crippen molar-refractivity contribution >= 4 is 11.9 Å². The van der Waals surface area contributed by atoms with Crippen LogP contribution < -0.4 is 0 Å². The van der Waals surface area contributed by atoms with Crippen molar-refractivity contribution in [2.75, 3.05) is 19.8 Å². The smallest absolute Gasteiger partial charge is 0.306 e. The van der Waals surface area contributed by atoms with Crippen LogP contribution in [0.2, 0.25) is 0 Å². The highest BCUT2D eigenvalue weighted by atomic mass is 16.6. The molecule has 5 nitrogen and oxygen atoms in total. The summed E-state index contributed by atoms with van der Waals surface area (Å²) in [5.74, 6) is -0.454.